The van der Waals surface area contributed by atoms with Gasteiger partial charge in [0.05, 0.1) is 11.9 Å². The van der Waals surface area contributed by atoms with Gasteiger partial charge in [-0.3, -0.25) is 9.78 Å². The average molecular weight is 228 g/mol. The van der Waals surface area contributed by atoms with Gasteiger partial charge in [0.1, 0.15) is 0 Å². The zero-order valence-corrected chi connectivity index (χ0v) is 9.05. The molecular formula is C12H12N4O. The van der Waals surface area contributed by atoms with Gasteiger partial charge in [0.2, 0.25) is 0 Å². The predicted molar refractivity (Wildman–Crippen MR) is 67.5 cm³/mol. The SMILES string of the molecule is Nc1cc(N)cc(C(=O)Nc2cccnc2)c1. The number of hydrogen-bond acceptors (Lipinski definition) is 4. The first-order valence-corrected chi connectivity index (χ1v) is 5.02. The van der Waals surface area contributed by atoms with Crippen molar-refractivity contribution in [1.29, 1.82) is 0 Å². The fourth-order valence-electron chi connectivity index (χ4n) is 1.45. The van der Waals surface area contributed by atoms with Gasteiger partial charge in [-0.2, -0.15) is 0 Å². The number of carbonyl (C=O) groups is 1. The Kier molecular flexibility index (Phi) is 2.91. The molecule has 86 valence electrons. The summed E-state index contributed by atoms with van der Waals surface area (Å²) in [5.41, 5.74) is 13.2. The lowest BCUT2D eigenvalue weighted by Crippen LogP contribution is -2.12. The number of carbonyl (C=O) groups excluding carboxylic acids is 1. The topological polar surface area (TPSA) is 94.0 Å². The molecule has 0 aliphatic carbocycles. The maximum atomic E-state index is 11.9. The van der Waals surface area contributed by atoms with Gasteiger partial charge < -0.3 is 16.8 Å². The smallest absolute Gasteiger partial charge is 0.255 e. The number of anilines is 3. The van der Waals surface area contributed by atoms with Crippen molar-refractivity contribution in [2.45, 2.75) is 0 Å². The minimum atomic E-state index is -0.267. The third-order valence-electron chi connectivity index (χ3n) is 2.16. The number of nitrogens with zero attached hydrogens (tertiary/aromatic N) is 1. The number of aromatic nitrogens is 1. The molecule has 5 N–H and O–H groups in total. The Bertz CT molecular complexity index is 519. The first kappa shape index (κ1) is 10.9. The van der Waals surface area contributed by atoms with Crippen LogP contribution in [0.5, 0.6) is 0 Å². The lowest BCUT2D eigenvalue weighted by Gasteiger charge is -2.06. The lowest BCUT2D eigenvalue weighted by molar-refractivity contribution is 0.102. The summed E-state index contributed by atoms with van der Waals surface area (Å²) in [6.45, 7) is 0. The van der Waals surface area contributed by atoms with E-state index >= 15 is 0 Å². The average Bonchev–Trinajstić information content (AvgIpc) is 2.29. The molecule has 0 saturated heterocycles. The van der Waals surface area contributed by atoms with Crippen LogP contribution in [0, 0.1) is 0 Å². The molecule has 0 radical (unpaired) electrons. The number of rotatable bonds is 2. The number of amides is 1. The van der Waals surface area contributed by atoms with Crippen LogP contribution in [0.15, 0.2) is 42.7 Å². The van der Waals surface area contributed by atoms with Crippen molar-refractivity contribution < 1.29 is 4.79 Å². The Hall–Kier alpha value is -2.56. The van der Waals surface area contributed by atoms with Gasteiger partial charge in [-0.15, -0.1) is 0 Å². The minimum absolute atomic E-state index is 0.267. The molecule has 0 spiro atoms. The Labute approximate surface area is 98.5 Å². The number of nitrogens with two attached hydrogens (primary N) is 2. The van der Waals surface area contributed by atoms with Crippen LogP contribution in [0.25, 0.3) is 0 Å². The van der Waals surface area contributed by atoms with Crippen molar-refractivity contribution in [3.05, 3.63) is 48.3 Å². The van der Waals surface area contributed by atoms with Crippen LogP contribution in [-0.4, -0.2) is 10.9 Å². The van der Waals surface area contributed by atoms with E-state index in [-0.39, 0.29) is 5.91 Å². The van der Waals surface area contributed by atoms with Crippen molar-refractivity contribution >= 4 is 23.0 Å². The third kappa shape index (κ3) is 2.72. The van der Waals surface area contributed by atoms with Crippen molar-refractivity contribution in [1.82, 2.24) is 4.98 Å². The number of benzene rings is 1. The van der Waals surface area contributed by atoms with Crippen LogP contribution in [0.2, 0.25) is 0 Å². The monoisotopic (exact) mass is 228 g/mol. The predicted octanol–water partition coefficient (Wildman–Crippen LogP) is 1.50. The van der Waals surface area contributed by atoms with E-state index in [0.717, 1.165) is 0 Å². The molecule has 0 unspecified atom stereocenters. The van der Waals surface area contributed by atoms with Gasteiger partial charge in [0, 0.05) is 23.1 Å². The summed E-state index contributed by atoms with van der Waals surface area (Å²) >= 11 is 0. The number of hydrogen-bond donors (Lipinski definition) is 3. The molecule has 2 aromatic rings. The minimum Gasteiger partial charge on any atom is -0.399 e. The number of pyridine rings is 1. The normalized spacial score (nSPS) is 9.88. The second-order valence-electron chi connectivity index (χ2n) is 3.58. The molecule has 1 amide bonds. The molecule has 1 heterocycles. The van der Waals surface area contributed by atoms with Crippen LogP contribution in [0.1, 0.15) is 10.4 Å². The Morgan fingerprint density at radius 1 is 1.18 bits per heavy atom. The molecule has 5 nitrogen and oxygen atoms in total. The van der Waals surface area contributed by atoms with E-state index in [4.69, 9.17) is 11.5 Å². The third-order valence-corrected chi connectivity index (χ3v) is 2.16. The summed E-state index contributed by atoms with van der Waals surface area (Å²) in [6.07, 6.45) is 3.20. The van der Waals surface area contributed by atoms with Crippen molar-refractivity contribution in [2.24, 2.45) is 0 Å². The van der Waals surface area contributed by atoms with Gasteiger partial charge in [-0.25, -0.2) is 0 Å². The van der Waals surface area contributed by atoms with Gasteiger partial charge >= 0.3 is 0 Å². The number of nitrogen functional groups attached to an aromatic ring is 2. The maximum absolute atomic E-state index is 11.9. The van der Waals surface area contributed by atoms with E-state index in [1.165, 1.54) is 0 Å². The second-order valence-corrected chi connectivity index (χ2v) is 3.58. The van der Waals surface area contributed by atoms with E-state index in [9.17, 15) is 4.79 Å². The van der Waals surface area contributed by atoms with Crippen molar-refractivity contribution in [2.75, 3.05) is 16.8 Å². The summed E-state index contributed by atoms with van der Waals surface area (Å²) in [6, 6.07) is 8.23. The van der Waals surface area contributed by atoms with Crippen LogP contribution >= 0.6 is 0 Å². The Balaban J connectivity index is 2.20. The largest absolute Gasteiger partial charge is 0.399 e. The zero-order valence-electron chi connectivity index (χ0n) is 9.05. The molecule has 5 heteroatoms. The fraction of sp³-hybridized carbons (Fsp3) is 0. The van der Waals surface area contributed by atoms with E-state index < -0.39 is 0 Å². The van der Waals surface area contributed by atoms with Gasteiger partial charge in [0.15, 0.2) is 0 Å². The van der Waals surface area contributed by atoms with Crippen LogP contribution < -0.4 is 16.8 Å². The van der Waals surface area contributed by atoms with Crippen molar-refractivity contribution in [3.8, 4) is 0 Å². The summed E-state index contributed by atoms with van der Waals surface area (Å²) in [4.78, 5) is 15.8. The Morgan fingerprint density at radius 2 is 1.88 bits per heavy atom. The van der Waals surface area contributed by atoms with E-state index in [1.54, 1.807) is 42.7 Å². The van der Waals surface area contributed by atoms with E-state index in [2.05, 4.69) is 10.3 Å². The highest BCUT2D eigenvalue weighted by Crippen LogP contribution is 2.15. The zero-order chi connectivity index (χ0) is 12.3. The molecule has 2 rings (SSSR count). The summed E-state index contributed by atoms with van der Waals surface area (Å²) < 4.78 is 0. The van der Waals surface area contributed by atoms with Crippen molar-refractivity contribution in [3.63, 3.8) is 0 Å². The van der Waals surface area contributed by atoms with Crippen LogP contribution in [-0.2, 0) is 0 Å². The molecule has 1 aromatic heterocycles. The summed E-state index contributed by atoms with van der Waals surface area (Å²) in [5.74, 6) is -0.267. The maximum Gasteiger partial charge on any atom is 0.255 e. The number of nitrogens with one attached hydrogen (secondary N) is 1. The fourth-order valence-corrected chi connectivity index (χ4v) is 1.45. The highest BCUT2D eigenvalue weighted by atomic mass is 16.1. The summed E-state index contributed by atoms with van der Waals surface area (Å²) in [5, 5.41) is 2.70. The molecule has 0 aliphatic rings. The molecule has 1 aromatic carbocycles. The highest BCUT2D eigenvalue weighted by molar-refractivity contribution is 6.05. The first-order valence-electron chi connectivity index (χ1n) is 5.02. The second kappa shape index (κ2) is 4.52. The van der Waals surface area contributed by atoms with E-state index in [0.29, 0.717) is 22.6 Å². The highest BCUT2D eigenvalue weighted by Gasteiger charge is 2.07. The lowest BCUT2D eigenvalue weighted by atomic mass is 10.1. The molecule has 0 aliphatic heterocycles. The van der Waals surface area contributed by atoms with Gasteiger partial charge in [-0.05, 0) is 30.3 Å². The standard InChI is InChI=1S/C12H12N4O/c13-9-4-8(5-10(14)6-9)12(17)16-11-2-1-3-15-7-11/h1-7H,13-14H2,(H,16,17). The molecule has 17 heavy (non-hydrogen) atoms. The first-order chi connectivity index (χ1) is 8.15. The molecule has 0 saturated carbocycles. The van der Waals surface area contributed by atoms with Crippen LogP contribution in [0.4, 0.5) is 17.1 Å². The van der Waals surface area contributed by atoms with Gasteiger partial charge in [0.25, 0.3) is 5.91 Å². The summed E-state index contributed by atoms with van der Waals surface area (Å²) in [7, 11) is 0. The quantitative estimate of drug-likeness (QED) is 0.679. The molecule has 0 fully saturated rings. The molecule has 0 atom stereocenters. The molecule has 0 bridgehead atoms. The van der Waals surface area contributed by atoms with Gasteiger partial charge in [-0.1, -0.05) is 0 Å². The Morgan fingerprint density at radius 3 is 2.47 bits per heavy atom. The van der Waals surface area contributed by atoms with E-state index in [1.807, 2.05) is 0 Å². The molecular weight excluding hydrogens is 216 g/mol. The van der Waals surface area contributed by atoms with Crippen LogP contribution in [0.3, 0.4) is 0 Å².